The lowest BCUT2D eigenvalue weighted by molar-refractivity contribution is 0.475. The minimum Gasteiger partial charge on any atom is -0.508 e. The molecule has 0 aliphatic heterocycles. The van der Waals surface area contributed by atoms with Gasteiger partial charge >= 0.3 is 0 Å². The summed E-state index contributed by atoms with van der Waals surface area (Å²) in [5.74, 6) is 0.150. The van der Waals surface area contributed by atoms with Gasteiger partial charge in [-0.3, -0.25) is 0 Å². The van der Waals surface area contributed by atoms with Crippen LogP contribution in [0.4, 0.5) is 0 Å². The van der Waals surface area contributed by atoms with Gasteiger partial charge in [0, 0.05) is 6.26 Å². The molecule has 0 fully saturated rings. The molecule has 1 unspecified atom stereocenters. The molecule has 0 bridgehead atoms. The van der Waals surface area contributed by atoms with Crippen molar-refractivity contribution in [2.24, 2.45) is 0 Å². The average Bonchev–Trinajstić information content (AvgIpc) is 2.07. The predicted octanol–water partition coefficient (Wildman–Crippen LogP) is 1.89. The highest BCUT2D eigenvalue weighted by Gasteiger charge is 2.20. The van der Waals surface area contributed by atoms with Crippen LogP contribution in [0, 0.1) is 0 Å². The Morgan fingerprint density at radius 2 is 1.79 bits per heavy atom. The van der Waals surface area contributed by atoms with Crippen LogP contribution in [0.25, 0.3) is 0 Å². The van der Waals surface area contributed by atoms with Gasteiger partial charge in [0.05, 0.1) is 5.25 Å². The minimum atomic E-state index is -3.06. The molecular formula is C10H14O3S. The van der Waals surface area contributed by atoms with Gasteiger partial charge in [0.15, 0.2) is 9.84 Å². The van der Waals surface area contributed by atoms with E-state index in [1.807, 2.05) is 6.92 Å². The van der Waals surface area contributed by atoms with Crippen LogP contribution >= 0.6 is 0 Å². The maximum absolute atomic E-state index is 11.4. The highest BCUT2D eigenvalue weighted by molar-refractivity contribution is 7.90. The molecular weight excluding hydrogens is 200 g/mol. The lowest BCUT2D eigenvalue weighted by atomic mass is 10.1. The summed E-state index contributed by atoms with van der Waals surface area (Å²) in [7, 11) is -3.06. The second kappa shape index (κ2) is 4.00. The van der Waals surface area contributed by atoms with Gasteiger partial charge in [-0.15, -0.1) is 0 Å². The first kappa shape index (κ1) is 11.0. The smallest absolute Gasteiger partial charge is 0.154 e. The van der Waals surface area contributed by atoms with E-state index < -0.39 is 15.1 Å². The molecule has 0 radical (unpaired) electrons. The first-order valence-electron chi connectivity index (χ1n) is 4.43. The molecule has 0 aromatic heterocycles. The zero-order chi connectivity index (χ0) is 10.8. The lowest BCUT2D eigenvalue weighted by Crippen LogP contribution is -2.10. The number of benzene rings is 1. The van der Waals surface area contributed by atoms with Crippen LogP contribution in [0.15, 0.2) is 24.3 Å². The second-order valence-corrected chi connectivity index (χ2v) is 5.55. The molecule has 0 heterocycles. The standard InChI is InChI=1S/C10H14O3S/c1-3-10(14(2,12)13)8-4-6-9(11)7-5-8/h4-7,10-11H,3H2,1-2H3. The monoisotopic (exact) mass is 214 g/mol. The molecule has 1 rings (SSSR count). The number of phenolic OH excluding ortho intramolecular Hbond substituents is 1. The van der Waals surface area contributed by atoms with Crippen LogP contribution in [0.5, 0.6) is 5.75 Å². The Hall–Kier alpha value is -1.03. The second-order valence-electron chi connectivity index (χ2n) is 3.32. The molecule has 1 aromatic rings. The number of aromatic hydroxyl groups is 1. The summed E-state index contributed by atoms with van der Waals surface area (Å²) in [4.78, 5) is 0. The van der Waals surface area contributed by atoms with Gasteiger partial charge in [-0.05, 0) is 24.1 Å². The third kappa shape index (κ3) is 2.48. The highest BCUT2D eigenvalue weighted by atomic mass is 32.2. The fourth-order valence-corrected chi connectivity index (χ4v) is 2.73. The Morgan fingerprint density at radius 1 is 1.29 bits per heavy atom. The summed E-state index contributed by atoms with van der Waals surface area (Å²) in [5.41, 5.74) is 0.729. The average molecular weight is 214 g/mol. The van der Waals surface area contributed by atoms with Crippen molar-refractivity contribution in [2.45, 2.75) is 18.6 Å². The first-order chi connectivity index (χ1) is 6.45. The van der Waals surface area contributed by atoms with Gasteiger partial charge in [-0.2, -0.15) is 0 Å². The van der Waals surface area contributed by atoms with E-state index >= 15 is 0 Å². The van der Waals surface area contributed by atoms with Crippen molar-refractivity contribution in [3.8, 4) is 5.75 Å². The van der Waals surface area contributed by atoms with E-state index in [0.717, 1.165) is 5.56 Å². The number of sulfone groups is 1. The van der Waals surface area contributed by atoms with Crippen molar-refractivity contribution in [2.75, 3.05) is 6.26 Å². The molecule has 0 saturated carbocycles. The third-order valence-corrected chi connectivity index (χ3v) is 3.79. The van der Waals surface area contributed by atoms with E-state index in [1.165, 1.54) is 18.4 Å². The van der Waals surface area contributed by atoms with Crippen molar-refractivity contribution < 1.29 is 13.5 Å². The summed E-state index contributed by atoms with van der Waals surface area (Å²) >= 11 is 0. The Balaban J connectivity index is 3.08. The molecule has 0 aliphatic carbocycles. The Morgan fingerprint density at radius 3 is 2.14 bits per heavy atom. The zero-order valence-electron chi connectivity index (χ0n) is 8.27. The predicted molar refractivity (Wildman–Crippen MR) is 56.0 cm³/mol. The lowest BCUT2D eigenvalue weighted by Gasteiger charge is -2.12. The van der Waals surface area contributed by atoms with Crippen LogP contribution in [-0.4, -0.2) is 19.8 Å². The van der Waals surface area contributed by atoms with E-state index in [9.17, 15) is 8.42 Å². The molecule has 0 amide bonds. The van der Waals surface area contributed by atoms with Gasteiger partial charge in [-0.25, -0.2) is 8.42 Å². The van der Waals surface area contributed by atoms with E-state index in [1.54, 1.807) is 12.1 Å². The molecule has 1 N–H and O–H groups in total. The fourth-order valence-electron chi connectivity index (χ4n) is 1.47. The summed E-state index contributed by atoms with van der Waals surface area (Å²) in [6.07, 6.45) is 1.78. The summed E-state index contributed by atoms with van der Waals surface area (Å²) in [6, 6.07) is 6.29. The van der Waals surface area contributed by atoms with Gasteiger partial charge < -0.3 is 5.11 Å². The van der Waals surface area contributed by atoms with Gasteiger partial charge in [0.2, 0.25) is 0 Å². The summed E-state index contributed by atoms with van der Waals surface area (Å²) in [6.45, 7) is 1.83. The van der Waals surface area contributed by atoms with Crippen LogP contribution in [0.1, 0.15) is 24.2 Å². The number of phenols is 1. The van der Waals surface area contributed by atoms with E-state index in [-0.39, 0.29) is 5.75 Å². The van der Waals surface area contributed by atoms with Gasteiger partial charge in [0.25, 0.3) is 0 Å². The zero-order valence-corrected chi connectivity index (χ0v) is 9.08. The van der Waals surface area contributed by atoms with Crippen molar-refractivity contribution >= 4 is 9.84 Å². The quantitative estimate of drug-likeness (QED) is 0.836. The van der Waals surface area contributed by atoms with Crippen LogP contribution < -0.4 is 0 Å². The molecule has 0 spiro atoms. The summed E-state index contributed by atoms with van der Waals surface area (Å²) in [5, 5.41) is 8.60. The molecule has 14 heavy (non-hydrogen) atoms. The Labute approximate surface area is 84.3 Å². The van der Waals surface area contributed by atoms with E-state index in [0.29, 0.717) is 6.42 Å². The number of hydrogen-bond donors (Lipinski definition) is 1. The molecule has 0 aliphatic rings. The molecule has 78 valence electrons. The molecule has 0 saturated heterocycles. The SMILES string of the molecule is CCC(c1ccc(O)cc1)S(C)(=O)=O. The molecule has 1 atom stereocenters. The first-order valence-corrected chi connectivity index (χ1v) is 6.38. The van der Waals surface area contributed by atoms with Crippen molar-refractivity contribution in [1.82, 2.24) is 0 Å². The maximum Gasteiger partial charge on any atom is 0.154 e. The number of rotatable bonds is 3. The van der Waals surface area contributed by atoms with Crippen molar-refractivity contribution in [3.05, 3.63) is 29.8 Å². The van der Waals surface area contributed by atoms with Gasteiger partial charge in [0.1, 0.15) is 5.75 Å². The number of hydrogen-bond acceptors (Lipinski definition) is 3. The van der Waals surface area contributed by atoms with Crippen molar-refractivity contribution in [3.63, 3.8) is 0 Å². The van der Waals surface area contributed by atoms with Crippen molar-refractivity contribution in [1.29, 1.82) is 0 Å². The molecule has 1 aromatic carbocycles. The van der Waals surface area contributed by atoms with E-state index in [2.05, 4.69) is 0 Å². The Kier molecular flexibility index (Phi) is 3.16. The highest BCUT2D eigenvalue weighted by Crippen LogP contribution is 2.26. The minimum absolute atomic E-state index is 0.150. The fraction of sp³-hybridized carbons (Fsp3) is 0.400. The van der Waals surface area contributed by atoms with E-state index in [4.69, 9.17) is 5.11 Å². The maximum atomic E-state index is 11.4. The molecule has 4 heteroatoms. The Bertz CT molecular complexity index is 392. The normalized spacial score (nSPS) is 13.9. The third-order valence-electron chi connectivity index (χ3n) is 2.15. The van der Waals surface area contributed by atoms with Crippen LogP contribution in [-0.2, 0) is 9.84 Å². The molecule has 3 nitrogen and oxygen atoms in total. The summed E-state index contributed by atoms with van der Waals surface area (Å²) < 4.78 is 22.8. The van der Waals surface area contributed by atoms with Crippen LogP contribution in [0.3, 0.4) is 0 Å². The van der Waals surface area contributed by atoms with Gasteiger partial charge in [-0.1, -0.05) is 19.1 Å². The largest absolute Gasteiger partial charge is 0.508 e. The topological polar surface area (TPSA) is 54.4 Å². The van der Waals surface area contributed by atoms with Crippen LogP contribution in [0.2, 0.25) is 0 Å².